The number of thiophene rings is 1. The zero-order chi connectivity index (χ0) is 18.1. The SMILES string of the molecule is Cc1cc(-c2cc(=O)n(Cc3ccc(F)cc3)nc2-c2cccs2)on1. The van der Waals surface area contributed by atoms with E-state index in [-0.39, 0.29) is 17.9 Å². The molecule has 0 saturated carbocycles. The molecule has 0 N–H and O–H groups in total. The summed E-state index contributed by atoms with van der Waals surface area (Å²) in [4.78, 5) is 13.5. The zero-order valence-electron chi connectivity index (χ0n) is 13.8. The van der Waals surface area contributed by atoms with Crippen molar-refractivity contribution in [1.82, 2.24) is 14.9 Å². The Kier molecular flexibility index (Phi) is 4.22. The van der Waals surface area contributed by atoms with Crippen molar-refractivity contribution in [3.05, 3.63) is 81.3 Å². The molecule has 0 radical (unpaired) electrons. The summed E-state index contributed by atoms with van der Waals surface area (Å²) in [7, 11) is 0. The van der Waals surface area contributed by atoms with Crippen molar-refractivity contribution < 1.29 is 8.91 Å². The number of halogens is 1. The molecule has 4 aromatic rings. The van der Waals surface area contributed by atoms with Crippen molar-refractivity contribution in [3.8, 4) is 21.9 Å². The van der Waals surface area contributed by atoms with Gasteiger partial charge in [0.05, 0.1) is 22.7 Å². The van der Waals surface area contributed by atoms with E-state index >= 15 is 0 Å². The van der Waals surface area contributed by atoms with Gasteiger partial charge in [-0.2, -0.15) is 5.10 Å². The predicted molar refractivity (Wildman–Crippen MR) is 97.5 cm³/mol. The molecule has 3 aromatic heterocycles. The van der Waals surface area contributed by atoms with E-state index in [0.717, 1.165) is 16.1 Å². The van der Waals surface area contributed by atoms with Gasteiger partial charge < -0.3 is 4.52 Å². The number of benzene rings is 1. The van der Waals surface area contributed by atoms with Crippen molar-refractivity contribution in [1.29, 1.82) is 0 Å². The summed E-state index contributed by atoms with van der Waals surface area (Å²) in [6, 6.07) is 13.2. The molecular formula is C19H14FN3O2S. The van der Waals surface area contributed by atoms with Gasteiger partial charge in [-0.25, -0.2) is 9.07 Å². The number of rotatable bonds is 4. The monoisotopic (exact) mass is 367 g/mol. The van der Waals surface area contributed by atoms with Gasteiger partial charge in [-0.05, 0) is 36.1 Å². The van der Waals surface area contributed by atoms with E-state index in [1.807, 2.05) is 24.4 Å². The smallest absolute Gasteiger partial charge is 0.267 e. The summed E-state index contributed by atoms with van der Waals surface area (Å²) in [5, 5.41) is 10.4. The lowest BCUT2D eigenvalue weighted by Crippen LogP contribution is -2.23. The van der Waals surface area contributed by atoms with Gasteiger partial charge >= 0.3 is 0 Å². The van der Waals surface area contributed by atoms with Crippen molar-refractivity contribution >= 4 is 11.3 Å². The number of hydrogen-bond donors (Lipinski definition) is 0. The molecule has 5 nitrogen and oxygen atoms in total. The molecule has 0 bridgehead atoms. The Hall–Kier alpha value is -3.06. The van der Waals surface area contributed by atoms with Gasteiger partial charge in [0, 0.05) is 12.1 Å². The van der Waals surface area contributed by atoms with Crippen molar-refractivity contribution in [3.63, 3.8) is 0 Å². The number of hydrogen-bond acceptors (Lipinski definition) is 5. The molecule has 4 rings (SSSR count). The highest BCUT2D eigenvalue weighted by Gasteiger charge is 2.17. The molecule has 0 aliphatic heterocycles. The van der Waals surface area contributed by atoms with Crippen LogP contribution in [-0.2, 0) is 6.54 Å². The summed E-state index contributed by atoms with van der Waals surface area (Å²) in [6.45, 7) is 2.08. The number of nitrogens with zero attached hydrogens (tertiary/aromatic N) is 3. The van der Waals surface area contributed by atoms with Crippen LogP contribution in [0.5, 0.6) is 0 Å². The number of aromatic nitrogens is 3. The lowest BCUT2D eigenvalue weighted by Gasteiger charge is -2.10. The third-order valence-corrected chi connectivity index (χ3v) is 4.77. The van der Waals surface area contributed by atoms with Crippen LogP contribution in [0.4, 0.5) is 4.39 Å². The zero-order valence-corrected chi connectivity index (χ0v) is 14.7. The molecule has 1 aromatic carbocycles. The highest BCUT2D eigenvalue weighted by molar-refractivity contribution is 7.13. The maximum absolute atomic E-state index is 13.1. The maximum atomic E-state index is 13.1. The van der Waals surface area contributed by atoms with Crippen molar-refractivity contribution in [2.45, 2.75) is 13.5 Å². The maximum Gasteiger partial charge on any atom is 0.267 e. The molecule has 130 valence electrons. The summed E-state index contributed by atoms with van der Waals surface area (Å²) in [5.74, 6) is 0.189. The van der Waals surface area contributed by atoms with Crippen LogP contribution in [0.1, 0.15) is 11.3 Å². The molecule has 0 aliphatic rings. The minimum atomic E-state index is -0.315. The minimum Gasteiger partial charge on any atom is -0.356 e. The fourth-order valence-corrected chi connectivity index (χ4v) is 3.36. The summed E-state index contributed by atoms with van der Waals surface area (Å²) in [5.41, 5.74) is 2.51. The molecular weight excluding hydrogens is 353 g/mol. The lowest BCUT2D eigenvalue weighted by atomic mass is 10.1. The molecule has 26 heavy (non-hydrogen) atoms. The Morgan fingerprint density at radius 3 is 2.65 bits per heavy atom. The average molecular weight is 367 g/mol. The second kappa shape index (κ2) is 6.68. The Bertz CT molecular complexity index is 1100. The second-order valence-corrected chi connectivity index (χ2v) is 6.79. The highest BCUT2D eigenvalue weighted by atomic mass is 32.1. The van der Waals surface area contributed by atoms with Gasteiger partial charge in [0.2, 0.25) is 0 Å². The van der Waals surface area contributed by atoms with Crippen LogP contribution in [0.3, 0.4) is 0 Å². The molecule has 0 unspecified atom stereocenters. The molecule has 0 aliphatic carbocycles. The normalized spacial score (nSPS) is 11.0. The van der Waals surface area contributed by atoms with E-state index in [4.69, 9.17) is 4.52 Å². The molecule has 0 atom stereocenters. The van der Waals surface area contributed by atoms with Gasteiger partial charge in [0.25, 0.3) is 5.56 Å². The van der Waals surface area contributed by atoms with Crippen LogP contribution in [0.25, 0.3) is 21.9 Å². The van der Waals surface area contributed by atoms with Gasteiger partial charge in [-0.3, -0.25) is 4.79 Å². The topological polar surface area (TPSA) is 60.9 Å². The van der Waals surface area contributed by atoms with Gasteiger partial charge in [0.1, 0.15) is 11.5 Å². The van der Waals surface area contributed by atoms with Crippen LogP contribution in [0.15, 0.2) is 63.2 Å². The summed E-state index contributed by atoms with van der Waals surface area (Å²) < 4.78 is 19.8. The quantitative estimate of drug-likeness (QED) is 0.544. The Balaban J connectivity index is 1.83. The van der Waals surface area contributed by atoms with Crippen LogP contribution in [0, 0.1) is 12.7 Å². The lowest BCUT2D eigenvalue weighted by molar-refractivity contribution is 0.426. The van der Waals surface area contributed by atoms with E-state index in [9.17, 15) is 9.18 Å². The summed E-state index contributed by atoms with van der Waals surface area (Å²) >= 11 is 1.52. The third kappa shape index (κ3) is 3.21. The Labute approximate surface area is 152 Å². The molecule has 0 amide bonds. The Morgan fingerprint density at radius 2 is 2.00 bits per heavy atom. The van der Waals surface area contributed by atoms with E-state index in [1.54, 1.807) is 18.2 Å². The standard InChI is InChI=1S/C19H14FN3O2S/c1-12-9-16(25-22-12)15-10-18(24)23(11-13-4-6-14(20)7-5-13)21-19(15)17-3-2-8-26-17/h2-10H,11H2,1H3. The largest absolute Gasteiger partial charge is 0.356 e. The first-order valence-corrected chi connectivity index (χ1v) is 8.82. The van der Waals surface area contributed by atoms with Gasteiger partial charge in [-0.15, -0.1) is 11.3 Å². The third-order valence-electron chi connectivity index (χ3n) is 3.89. The first-order chi connectivity index (χ1) is 12.6. The first-order valence-electron chi connectivity index (χ1n) is 7.94. The van der Waals surface area contributed by atoms with E-state index in [1.165, 1.54) is 34.2 Å². The molecule has 0 spiro atoms. The highest BCUT2D eigenvalue weighted by Crippen LogP contribution is 2.32. The second-order valence-electron chi connectivity index (χ2n) is 5.84. The van der Waals surface area contributed by atoms with E-state index in [0.29, 0.717) is 17.0 Å². The molecule has 0 fully saturated rings. The van der Waals surface area contributed by atoms with Crippen LogP contribution >= 0.6 is 11.3 Å². The predicted octanol–water partition coefficient (Wildman–Crippen LogP) is 4.12. The minimum absolute atomic E-state index is 0.257. The van der Waals surface area contributed by atoms with Crippen molar-refractivity contribution in [2.75, 3.05) is 0 Å². The van der Waals surface area contributed by atoms with E-state index < -0.39 is 0 Å². The number of aryl methyl sites for hydroxylation is 1. The Morgan fingerprint density at radius 1 is 1.19 bits per heavy atom. The van der Waals surface area contributed by atoms with Gasteiger partial charge in [0.15, 0.2) is 5.76 Å². The van der Waals surface area contributed by atoms with E-state index in [2.05, 4.69) is 10.3 Å². The molecule has 0 saturated heterocycles. The van der Waals surface area contributed by atoms with Crippen LogP contribution in [-0.4, -0.2) is 14.9 Å². The van der Waals surface area contributed by atoms with Gasteiger partial charge in [-0.1, -0.05) is 23.4 Å². The van der Waals surface area contributed by atoms with Crippen LogP contribution in [0.2, 0.25) is 0 Å². The molecule has 3 heterocycles. The first kappa shape index (κ1) is 16.4. The fourth-order valence-electron chi connectivity index (χ4n) is 2.64. The molecule has 7 heteroatoms. The average Bonchev–Trinajstić information content (AvgIpc) is 3.30. The van der Waals surface area contributed by atoms with Crippen LogP contribution < -0.4 is 5.56 Å². The summed E-state index contributed by atoms with van der Waals surface area (Å²) in [6.07, 6.45) is 0. The fraction of sp³-hybridized carbons (Fsp3) is 0.105. The van der Waals surface area contributed by atoms with Crippen molar-refractivity contribution in [2.24, 2.45) is 0 Å².